The maximum absolute atomic E-state index is 12.6. The minimum atomic E-state index is -0.434. The van der Waals surface area contributed by atoms with E-state index in [9.17, 15) is 9.59 Å². The molecule has 0 radical (unpaired) electrons. The molecule has 2 aromatic carbocycles. The van der Waals surface area contributed by atoms with Gasteiger partial charge in [0.1, 0.15) is 0 Å². The van der Waals surface area contributed by atoms with Crippen molar-refractivity contribution in [3.8, 4) is 17.2 Å². The van der Waals surface area contributed by atoms with E-state index in [1.807, 2.05) is 24.3 Å². The van der Waals surface area contributed by atoms with E-state index < -0.39 is 5.91 Å². The summed E-state index contributed by atoms with van der Waals surface area (Å²) in [5.74, 6) is 0.355. The van der Waals surface area contributed by atoms with Gasteiger partial charge in [0, 0.05) is 17.1 Å². The number of ether oxygens (including phenoxy) is 3. The number of rotatable bonds is 12. The van der Waals surface area contributed by atoms with Gasteiger partial charge in [0.2, 0.25) is 11.7 Å². The molecule has 9 heteroatoms. The predicted molar refractivity (Wildman–Crippen MR) is 129 cm³/mol. The number of hydrogen-bond acceptors (Lipinski definition) is 6. The van der Waals surface area contributed by atoms with Crippen LogP contribution in [0.1, 0.15) is 35.8 Å². The normalized spacial score (nSPS) is 11.6. The lowest BCUT2D eigenvalue weighted by atomic mass is 10.0. The molecule has 2 aromatic rings. The van der Waals surface area contributed by atoms with Gasteiger partial charge in [-0.1, -0.05) is 43.6 Å². The molecule has 8 nitrogen and oxygen atoms in total. The first-order valence-corrected chi connectivity index (χ1v) is 11.1. The lowest BCUT2D eigenvalue weighted by molar-refractivity contribution is -0.120. The Labute approximate surface area is 200 Å². The molecule has 2 rings (SSSR count). The molecule has 1 unspecified atom stereocenters. The quantitative estimate of drug-likeness (QED) is 0.487. The standard InChI is InChI=1S/C24H32ClN3O5/c1-6-28(7-2)19(17-10-8-9-11-18(17)25)14-26-22(29)15-27-24(30)16-12-20(31-3)23(33-5)21(13-16)32-4/h8-13,19H,6-7,14-15H2,1-5H3,(H,26,29)(H,27,30). The molecule has 0 aliphatic heterocycles. The van der Waals surface area contributed by atoms with Crippen LogP contribution in [0.3, 0.4) is 0 Å². The fourth-order valence-corrected chi connectivity index (χ4v) is 3.85. The molecule has 0 saturated heterocycles. The van der Waals surface area contributed by atoms with Crippen LogP contribution >= 0.6 is 11.6 Å². The van der Waals surface area contributed by atoms with Crippen molar-refractivity contribution in [3.63, 3.8) is 0 Å². The van der Waals surface area contributed by atoms with Crippen molar-refractivity contribution >= 4 is 23.4 Å². The van der Waals surface area contributed by atoms with Gasteiger partial charge in [0.25, 0.3) is 5.91 Å². The molecule has 0 fully saturated rings. The zero-order valence-corrected chi connectivity index (χ0v) is 20.5. The second kappa shape index (κ2) is 12.9. The summed E-state index contributed by atoms with van der Waals surface area (Å²) in [5, 5.41) is 6.18. The Balaban J connectivity index is 2.04. The molecule has 1 atom stereocenters. The van der Waals surface area contributed by atoms with Crippen molar-refractivity contribution in [1.82, 2.24) is 15.5 Å². The number of methoxy groups -OCH3 is 3. The summed E-state index contributed by atoms with van der Waals surface area (Å²) in [6.07, 6.45) is 0. The average molecular weight is 478 g/mol. The van der Waals surface area contributed by atoms with E-state index in [-0.39, 0.29) is 24.1 Å². The molecule has 0 saturated carbocycles. The van der Waals surface area contributed by atoms with Crippen molar-refractivity contribution < 1.29 is 23.8 Å². The molecule has 33 heavy (non-hydrogen) atoms. The van der Waals surface area contributed by atoms with Crippen molar-refractivity contribution in [3.05, 3.63) is 52.5 Å². The van der Waals surface area contributed by atoms with Crippen molar-refractivity contribution in [2.24, 2.45) is 0 Å². The Morgan fingerprint density at radius 2 is 1.58 bits per heavy atom. The van der Waals surface area contributed by atoms with Crippen LogP contribution in [0, 0.1) is 0 Å². The van der Waals surface area contributed by atoms with Gasteiger partial charge < -0.3 is 24.8 Å². The number of nitrogens with one attached hydrogen (secondary N) is 2. The third kappa shape index (κ3) is 6.76. The van der Waals surface area contributed by atoms with Gasteiger partial charge in [-0.25, -0.2) is 0 Å². The molecule has 2 amide bonds. The number of halogens is 1. The second-order valence-corrected chi connectivity index (χ2v) is 7.57. The molecular formula is C24H32ClN3O5. The first-order chi connectivity index (χ1) is 15.9. The Bertz CT molecular complexity index is 924. The van der Waals surface area contributed by atoms with E-state index in [0.717, 1.165) is 18.7 Å². The van der Waals surface area contributed by atoms with Crippen LogP contribution in [0.25, 0.3) is 0 Å². The number of amides is 2. The summed E-state index contributed by atoms with van der Waals surface area (Å²) in [7, 11) is 4.42. The highest BCUT2D eigenvalue weighted by molar-refractivity contribution is 6.31. The third-order valence-electron chi connectivity index (χ3n) is 5.35. The largest absolute Gasteiger partial charge is 0.493 e. The molecule has 0 bridgehead atoms. The average Bonchev–Trinajstić information content (AvgIpc) is 2.84. The van der Waals surface area contributed by atoms with Gasteiger partial charge in [-0.15, -0.1) is 0 Å². The second-order valence-electron chi connectivity index (χ2n) is 7.16. The van der Waals surface area contributed by atoms with Gasteiger partial charge in [0.15, 0.2) is 11.5 Å². The summed E-state index contributed by atoms with van der Waals surface area (Å²) in [6.45, 7) is 5.92. The Hall–Kier alpha value is -2.97. The summed E-state index contributed by atoms with van der Waals surface area (Å²) in [5.41, 5.74) is 1.24. The van der Waals surface area contributed by atoms with Gasteiger partial charge >= 0.3 is 0 Å². The topological polar surface area (TPSA) is 89.1 Å². The highest BCUT2D eigenvalue weighted by Gasteiger charge is 2.22. The van der Waals surface area contributed by atoms with Gasteiger partial charge in [-0.3, -0.25) is 14.5 Å². The van der Waals surface area contributed by atoms with E-state index >= 15 is 0 Å². The fourth-order valence-electron chi connectivity index (χ4n) is 3.59. The van der Waals surface area contributed by atoms with Crippen LogP contribution in [-0.2, 0) is 4.79 Å². The summed E-state index contributed by atoms with van der Waals surface area (Å²) in [4.78, 5) is 27.3. The predicted octanol–water partition coefficient (Wildman–Crippen LogP) is 3.29. The molecule has 0 heterocycles. The minimum absolute atomic E-state index is 0.0801. The molecule has 0 aromatic heterocycles. The van der Waals surface area contributed by atoms with E-state index in [1.54, 1.807) is 0 Å². The highest BCUT2D eigenvalue weighted by Crippen LogP contribution is 2.38. The number of carbonyl (C=O) groups excluding carboxylic acids is 2. The first-order valence-electron chi connectivity index (χ1n) is 10.7. The summed E-state index contributed by atoms with van der Waals surface area (Å²) in [6, 6.07) is 10.6. The lowest BCUT2D eigenvalue weighted by Gasteiger charge is -2.31. The smallest absolute Gasteiger partial charge is 0.251 e. The highest BCUT2D eigenvalue weighted by atomic mass is 35.5. The molecule has 0 aliphatic rings. The maximum Gasteiger partial charge on any atom is 0.251 e. The zero-order chi connectivity index (χ0) is 24.4. The van der Waals surface area contributed by atoms with Crippen LogP contribution in [-0.4, -0.2) is 64.2 Å². The van der Waals surface area contributed by atoms with Gasteiger partial charge in [-0.2, -0.15) is 0 Å². The Kier molecular flexibility index (Phi) is 10.3. The van der Waals surface area contributed by atoms with Crippen molar-refractivity contribution in [2.45, 2.75) is 19.9 Å². The van der Waals surface area contributed by atoms with E-state index in [2.05, 4.69) is 29.4 Å². The van der Waals surface area contributed by atoms with Crippen LogP contribution < -0.4 is 24.8 Å². The fraction of sp³-hybridized carbons (Fsp3) is 0.417. The van der Waals surface area contributed by atoms with E-state index in [0.29, 0.717) is 28.8 Å². The summed E-state index contributed by atoms with van der Waals surface area (Å²) < 4.78 is 15.8. The number of carbonyl (C=O) groups is 2. The third-order valence-corrected chi connectivity index (χ3v) is 5.69. The number of nitrogens with zero attached hydrogens (tertiary/aromatic N) is 1. The monoisotopic (exact) mass is 477 g/mol. The van der Waals surface area contributed by atoms with E-state index in [4.69, 9.17) is 25.8 Å². The van der Waals surface area contributed by atoms with Crippen LogP contribution in [0.2, 0.25) is 5.02 Å². The SMILES string of the molecule is CCN(CC)C(CNC(=O)CNC(=O)c1cc(OC)c(OC)c(OC)c1)c1ccccc1Cl. The van der Waals surface area contributed by atoms with Gasteiger partial charge in [-0.05, 0) is 36.9 Å². The number of hydrogen-bond donors (Lipinski definition) is 2. The van der Waals surface area contributed by atoms with Crippen molar-refractivity contribution in [1.29, 1.82) is 0 Å². The maximum atomic E-state index is 12.6. The molecule has 180 valence electrons. The minimum Gasteiger partial charge on any atom is -0.493 e. The Morgan fingerprint density at radius 1 is 0.970 bits per heavy atom. The van der Waals surface area contributed by atoms with Crippen LogP contribution in [0.15, 0.2) is 36.4 Å². The molecular weight excluding hydrogens is 446 g/mol. The van der Waals surface area contributed by atoms with Crippen LogP contribution in [0.4, 0.5) is 0 Å². The van der Waals surface area contributed by atoms with Gasteiger partial charge in [0.05, 0.1) is 33.9 Å². The molecule has 0 spiro atoms. The number of likely N-dealkylation sites (N-methyl/N-ethyl adjacent to an activating group) is 1. The number of benzene rings is 2. The van der Waals surface area contributed by atoms with Crippen LogP contribution in [0.5, 0.6) is 17.2 Å². The molecule has 0 aliphatic carbocycles. The zero-order valence-electron chi connectivity index (χ0n) is 19.7. The molecule has 2 N–H and O–H groups in total. The Morgan fingerprint density at radius 3 is 2.09 bits per heavy atom. The first kappa shape index (κ1) is 26.3. The van der Waals surface area contributed by atoms with Crippen molar-refractivity contribution in [2.75, 3.05) is 47.5 Å². The lowest BCUT2D eigenvalue weighted by Crippen LogP contribution is -2.42. The van der Waals surface area contributed by atoms with E-state index in [1.165, 1.54) is 33.5 Å². The summed E-state index contributed by atoms with van der Waals surface area (Å²) >= 11 is 6.41.